The van der Waals surface area contributed by atoms with Crippen LogP contribution in [0.5, 0.6) is 0 Å². The monoisotopic (exact) mass is 448 g/mol. The van der Waals surface area contributed by atoms with E-state index in [1.807, 2.05) is 28.0 Å². The summed E-state index contributed by atoms with van der Waals surface area (Å²) in [6.07, 6.45) is 0. The average molecular weight is 448 g/mol. The van der Waals surface area contributed by atoms with Crippen LogP contribution in [0.3, 0.4) is 0 Å². The van der Waals surface area contributed by atoms with Crippen molar-refractivity contribution in [2.24, 2.45) is 5.84 Å². The third-order valence-corrected chi connectivity index (χ3v) is 0.923. The molecule has 0 spiro atoms. The van der Waals surface area contributed by atoms with Gasteiger partial charge in [-0.2, -0.15) is 0 Å². The van der Waals surface area contributed by atoms with Gasteiger partial charge in [-0.15, -0.1) is 5.10 Å². The fourth-order valence-electron chi connectivity index (χ4n) is 0.304. The first-order chi connectivity index (χ1) is 6.56. The van der Waals surface area contributed by atoms with Gasteiger partial charge in [-0.05, 0) is 12.2 Å². The van der Waals surface area contributed by atoms with E-state index in [1.165, 1.54) is 6.92 Å². The van der Waals surface area contributed by atoms with Crippen molar-refractivity contribution in [1.29, 1.82) is 0 Å². The van der Waals surface area contributed by atoms with Crippen LogP contribution in [0, 0.1) is 24.1 Å². The van der Waals surface area contributed by atoms with E-state index in [4.69, 9.17) is 4.42 Å². The number of carbonyl (C=O) groups is 1. The van der Waals surface area contributed by atoms with E-state index < -0.39 is 0 Å². The molecule has 1 heterocycles. The average Bonchev–Trinajstić information content (AvgIpc) is 2.54. The maximum Gasteiger partial charge on any atom is 0.284 e. The maximum atomic E-state index is 9.58. The van der Waals surface area contributed by atoms with Crippen LogP contribution in [-0.4, -0.2) is 16.1 Å². The number of nitrogens with zero attached hydrogens (tertiary/aromatic N) is 1. The molecule has 1 rings (SSSR count). The van der Waals surface area contributed by atoms with Crippen molar-refractivity contribution < 1.29 is 46.3 Å². The van der Waals surface area contributed by atoms with Gasteiger partial charge in [0.2, 0.25) is 11.8 Å². The summed E-state index contributed by atoms with van der Waals surface area (Å²) in [5, 5.41) is 6.09. The zero-order chi connectivity index (χ0) is 11.6. The molecular weight excluding hydrogens is 433 g/mol. The fraction of sp³-hybridized carbons (Fsp3) is 0.286. The van der Waals surface area contributed by atoms with Crippen molar-refractivity contribution in [2.45, 2.75) is 13.8 Å². The molecule has 0 fully saturated rings. The molecule has 0 bridgehead atoms. The number of nitrogens with two attached hydrogens (primary N) is 1. The molecule has 0 aliphatic heterocycles. The van der Waals surface area contributed by atoms with Gasteiger partial charge in [0.15, 0.2) is 0 Å². The number of hydrogen-bond donors (Lipinski definition) is 3. The summed E-state index contributed by atoms with van der Waals surface area (Å²) in [5.74, 6) is 4.93. The van der Waals surface area contributed by atoms with Crippen molar-refractivity contribution >= 4 is 40.7 Å². The third kappa shape index (κ3) is 26.4. The Morgan fingerprint density at radius 2 is 1.94 bits per heavy atom. The summed E-state index contributed by atoms with van der Waals surface area (Å²) < 4.78 is 4.73. The van der Waals surface area contributed by atoms with Crippen LogP contribution in [0.4, 0.5) is 0 Å². The molecule has 10 heteroatoms. The predicted octanol–water partition coefficient (Wildman–Crippen LogP) is 1.70. The summed E-state index contributed by atoms with van der Waals surface area (Å²) in [5.41, 5.74) is 1.89. The molecule has 2 radical (unpaired) electrons. The molecule has 0 saturated heterocycles. The molecule has 1 aromatic heterocycles. The maximum absolute atomic E-state index is 9.58. The van der Waals surface area contributed by atoms with Gasteiger partial charge in [0.05, 0.1) is 0 Å². The molecule has 0 atom stereocenters. The van der Waals surface area contributed by atoms with Crippen molar-refractivity contribution in [3.05, 3.63) is 23.1 Å². The fourth-order valence-corrected chi connectivity index (χ4v) is 0.470. The standard InChI is InChI=1S/C3H4N2OS.C2H6N2O.CH2I.CH3.2V/c1-2-4-5-3(7)6-2;1-2(5)4-3;1-2;;;/h1H3,(H,5,7);3H2,1H3,(H,4,5);1H2;1H3;;/q;;2*-1;;. The van der Waals surface area contributed by atoms with Crippen LogP contribution < -0.4 is 11.3 Å². The number of H-pyrrole nitrogens is 1. The number of hydrogen-bond acceptors (Lipinski definition) is 5. The number of nitrogens with one attached hydrogen (secondary N) is 2. The van der Waals surface area contributed by atoms with Crippen LogP contribution >= 0.6 is 34.8 Å². The van der Waals surface area contributed by atoms with Gasteiger partial charge in [-0.1, -0.05) is 0 Å². The Bertz CT molecular complexity index is 308. The summed E-state index contributed by atoms with van der Waals surface area (Å²) in [6, 6.07) is 0. The molecular formula is C7H15IN4O2SV2-2. The third-order valence-electron chi connectivity index (χ3n) is 0.748. The quantitative estimate of drug-likeness (QED) is 0.140. The van der Waals surface area contributed by atoms with Gasteiger partial charge in [-0.25, -0.2) is 10.9 Å². The first-order valence-corrected chi connectivity index (χ1v) is 5.25. The van der Waals surface area contributed by atoms with Gasteiger partial charge in [0, 0.05) is 51.0 Å². The zero-order valence-electron chi connectivity index (χ0n) is 9.73. The summed E-state index contributed by atoms with van der Waals surface area (Å²) in [6.45, 7) is 3.08. The van der Waals surface area contributed by atoms with E-state index in [-0.39, 0.29) is 50.4 Å². The number of rotatable bonds is 0. The molecule has 6 nitrogen and oxygen atoms in total. The van der Waals surface area contributed by atoms with Crippen LogP contribution in [-0.2, 0) is 41.9 Å². The van der Waals surface area contributed by atoms with E-state index in [2.05, 4.69) is 33.2 Å². The molecule has 0 aliphatic carbocycles. The summed E-state index contributed by atoms with van der Waals surface area (Å²) in [4.78, 5) is 13.1. The van der Waals surface area contributed by atoms with Gasteiger partial charge >= 0.3 is 0 Å². The van der Waals surface area contributed by atoms with Crippen molar-refractivity contribution in [1.82, 2.24) is 15.6 Å². The van der Waals surface area contributed by atoms with E-state index in [0.29, 0.717) is 10.7 Å². The van der Waals surface area contributed by atoms with Crippen molar-refractivity contribution in [3.8, 4) is 0 Å². The predicted molar refractivity (Wildman–Crippen MR) is 70.2 cm³/mol. The Morgan fingerprint density at radius 3 is 2.00 bits per heavy atom. The Labute approximate surface area is 144 Å². The van der Waals surface area contributed by atoms with E-state index in [1.54, 1.807) is 6.92 Å². The number of hydrazine groups is 1. The number of halogens is 1. The topological polar surface area (TPSA) is 96.9 Å². The molecule has 1 amide bonds. The minimum absolute atomic E-state index is 0. The van der Waals surface area contributed by atoms with Crippen LogP contribution in [0.2, 0.25) is 0 Å². The van der Waals surface area contributed by atoms with Crippen LogP contribution in [0.25, 0.3) is 0 Å². The summed E-state index contributed by atoms with van der Waals surface area (Å²) >= 11 is 6.45. The molecule has 0 aliphatic rings. The smallest absolute Gasteiger partial charge is 0.284 e. The van der Waals surface area contributed by atoms with E-state index in [9.17, 15) is 4.79 Å². The normalized spacial score (nSPS) is 6.18. The van der Waals surface area contributed by atoms with Gasteiger partial charge in [0.1, 0.15) is 0 Å². The minimum atomic E-state index is -0.218. The molecule has 100 valence electrons. The van der Waals surface area contributed by atoms with Gasteiger partial charge < -0.3 is 34.4 Å². The number of aromatic nitrogens is 2. The molecule has 0 unspecified atom stereocenters. The number of aryl methyl sites for hydroxylation is 1. The van der Waals surface area contributed by atoms with Gasteiger partial charge in [0.25, 0.3) is 4.84 Å². The zero-order valence-corrected chi connectivity index (χ0v) is 15.5. The van der Waals surface area contributed by atoms with E-state index >= 15 is 0 Å². The molecule has 4 N–H and O–H groups in total. The first-order valence-electron chi connectivity index (χ1n) is 3.32. The number of amides is 1. The molecule has 0 saturated carbocycles. The molecule has 1 aromatic rings. The van der Waals surface area contributed by atoms with Crippen LogP contribution in [0.1, 0.15) is 12.8 Å². The largest absolute Gasteiger partial charge is 0.414 e. The second-order valence-electron chi connectivity index (χ2n) is 1.83. The minimum Gasteiger partial charge on any atom is -0.414 e. The number of aromatic amines is 1. The summed E-state index contributed by atoms with van der Waals surface area (Å²) in [7, 11) is 0. The Hall–Kier alpha value is 0.689. The Kier molecular flexibility index (Phi) is 39.5. The SMILES string of the molecule is CC(=O)NN.Cc1n[nH]c(=S)o1.[CH2-]I.[CH3-].[V].[V]. The first kappa shape index (κ1) is 30.6. The molecule has 0 aromatic carbocycles. The van der Waals surface area contributed by atoms with Crippen LogP contribution in [0.15, 0.2) is 4.42 Å². The second-order valence-corrected chi connectivity index (χ2v) is 2.20. The number of carbonyl (C=O) groups excluding carboxylic acids is 1. The molecule has 17 heavy (non-hydrogen) atoms. The Morgan fingerprint density at radius 1 is 1.59 bits per heavy atom. The van der Waals surface area contributed by atoms with Crippen molar-refractivity contribution in [3.63, 3.8) is 0 Å². The Balaban J connectivity index is -0.0000000440. The second kappa shape index (κ2) is 21.9. The van der Waals surface area contributed by atoms with E-state index in [0.717, 1.165) is 0 Å². The van der Waals surface area contributed by atoms with Crippen molar-refractivity contribution in [2.75, 3.05) is 0 Å². The van der Waals surface area contributed by atoms with Gasteiger partial charge in [-0.3, -0.25) is 15.2 Å².